The number of aromatic nitrogens is 1. The number of rotatable bonds is 8. The highest BCUT2D eigenvalue weighted by atomic mass is 35.5. The van der Waals surface area contributed by atoms with Crippen molar-refractivity contribution in [2.45, 2.75) is 39.3 Å². The van der Waals surface area contributed by atoms with Crippen LogP contribution >= 0.6 is 11.6 Å². The minimum Gasteiger partial charge on any atom is -0.379 e. The van der Waals surface area contributed by atoms with Gasteiger partial charge >= 0.3 is 0 Å². The van der Waals surface area contributed by atoms with Gasteiger partial charge in [0.1, 0.15) is 6.54 Å². The molecule has 1 saturated heterocycles. The zero-order valence-electron chi connectivity index (χ0n) is 18.0. The summed E-state index contributed by atoms with van der Waals surface area (Å²) < 4.78 is 10.9. The van der Waals surface area contributed by atoms with E-state index in [9.17, 15) is 0 Å². The quantitative estimate of drug-likeness (QED) is 0.489. The molecule has 2 aromatic rings. The van der Waals surface area contributed by atoms with Crippen LogP contribution in [0.4, 0.5) is 0 Å². The standard InChI is InChI=1S/C22H32ClN5O2/c1-4-24-22(25-14-19-13-20(16(2)3)27-30-19)26-15-21(28-8-10-29-11-9-28)17-6-5-7-18(23)12-17/h5-7,12-13,16,21H,4,8-11,14-15H2,1-3H3,(H2,24,25,26). The molecule has 0 spiro atoms. The van der Waals surface area contributed by atoms with Gasteiger partial charge in [0.25, 0.3) is 0 Å². The topological polar surface area (TPSA) is 74.9 Å². The van der Waals surface area contributed by atoms with E-state index in [0.29, 0.717) is 19.0 Å². The van der Waals surface area contributed by atoms with Crippen molar-refractivity contribution in [3.63, 3.8) is 0 Å². The van der Waals surface area contributed by atoms with Gasteiger partial charge in [-0.25, -0.2) is 4.99 Å². The van der Waals surface area contributed by atoms with Crippen LogP contribution in [0.15, 0.2) is 39.8 Å². The molecule has 2 heterocycles. The maximum atomic E-state index is 6.27. The number of guanidine groups is 1. The molecule has 1 aromatic heterocycles. The Bertz CT molecular complexity index is 817. The van der Waals surface area contributed by atoms with Gasteiger partial charge in [0, 0.05) is 37.3 Å². The van der Waals surface area contributed by atoms with Crippen molar-refractivity contribution in [3.8, 4) is 0 Å². The van der Waals surface area contributed by atoms with Gasteiger partial charge in [0.05, 0.1) is 24.9 Å². The highest BCUT2D eigenvalue weighted by molar-refractivity contribution is 6.30. The summed E-state index contributed by atoms with van der Waals surface area (Å²) in [6.07, 6.45) is 0. The number of hydrogen-bond acceptors (Lipinski definition) is 5. The lowest BCUT2D eigenvalue weighted by molar-refractivity contribution is 0.0170. The van der Waals surface area contributed by atoms with E-state index in [1.807, 2.05) is 24.3 Å². The van der Waals surface area contributed by atoms with Gasteiger partial charge in [0.15, 0.2) is 11.7 Å². The Morgan fingerprint density at radius 3 is 2.70 bits per heavy atom. The lowest BCUT2D eigenvalue weighted by Crippen LogP contribution is -2.46. The van der Waals surface area contributed by atoms with Crippen molar-refractivity contribution in [3.05, 3.63) is 52.4 Å². The van der Waals surface area contributed by atoms with Crippen molar-refractivity contribution in [2.75, 3.05) is 39.4 Å². The highest BCUT2D eigenvalue weighted by Crippen LogP contribution is 2.24. The average Bonchev–Trinajstić information content (AvgIpc) is 3.22. The van der Waals surface area contributed by atoms with Gasteiger partial charge in [-0.3, -0.25) is 4.90 Å². The predicted octanol–water partition coefficient (Wildman–Crippen LogP) is 3.58. The number of aliphatic imine (C=N–C) groups is 1. The molecule has 0 bridgehead atoms. The van der Waals surface area contributed by atoms with Crippen molar-refractivity contribution in [2.24, 2.45) is 4.99 Å². The largest absolute Gasteiger partial charge is 0.379 e. The Kier molecular flexibility index (Phi) is 8.54. The van der Waals surface area contributed by atoms with Gasteiger partial charge in [-0.2, -0.15) is 0 Å². The second kappa shape index (κ2) is 11.3. The second-order valence-electron chi connectivity index (χ2n) is 7.67. The monoisotopic (exact) mass is 433 g/mol. The molecule has 1 unspecified atom stereocenters. The molecule has 0 saturated carbocycles. The van der Waals surface area contributed by atoms with E-state index in [1.54, 1.807) is 0 Å². The molecule has 1 atom stereocenters. The molecule has 0 aliphatic carbocycles. The Labute approximate surface area is 183 Å². The third-order valence-corrected chi connectivity index (χ3v) is 5.32. The molecule has 3 rings (SSSR count). The first-order valence-corrected chi connectivity index (χ1v) is 11.0. The van der Waals surface area contributed by atoms with E-state index in [1.165, 1.54) is 5.56 Å². The minimum atomic E-state index is 0.175. The van der Waals surface area contributed by atoms with Crippen LogP contribution in [0.5, 0.6) is 0 Å². The molecular formula is C22H32ClN5O2. The maximum Gasteiger partial charge on any atom is 0.191 e. The zero-order valence-corrected chi connectivity index (χ0v) is 18.8. The fourth-order valence-corrected chi connectivity index (χ4v) is 3.63. The second-order valence-corrected chi connectivity index (χ2v) is 8.10. The van der Waals surface area contributed by atoms with Gasteiger partial charge in [-0.15, -0.1) is 0 Å². The Balaban J connectivity index is 1.69. The van der Waals surface area contributed by atoms with Crippen LogP contribution in [0.1, 0.15) is 49.7 Å². The summed E-state index contributed by atoms with van der Waals surface area (Å²) in [6, 6.07) is 10.2. The summed E-state index contributed by atoms with van der Waals surface area (Å²) in [5, 5.41) is 11.7. The van der Waals surface area contributed by atoms with E-state index in [0.717, 1.165) is 55.3 Å². The molecule has 1 aliphatic heterocycles. The molecule has 2 N–H and O–H groups in total. The van der Waals surface area contributed by atoms with Crippen LogP contribution in [0.25, 0.3) is 0 Å². The molecular weight excluding hydrogens is 402 g/mol. The van der Waals surface area contributed by atoms with Crippen LogP contribution in [-0.4, -0.2) is 55.4 Å². The molecule has 0 amide bonds. The van der Waals surface area contributed by atoms with Gasteiger partial charge in [-0.1, -0.05) is 42.7 Å². The van der Waals surface area contributed by atoms with E-state index < -0.39 is 0 Å². The fraction of sp³-hybridized carbons (Fsp3) is 0.545. The number of hydrogen-bond donors (Lipinski definition) is 2. The van der Waals surface area contributed by atoms with E-state index in [2.05, 4.69) is 52.5 Å². The lowest BCUT2D eigenvalue weighted by atomic mass is 10.0. The number of nitrogens with zero attached hydrogens (tertiary/aromatic N) is 3. The molecule has 30 heavy (non-hydrogen) atoms. The SMILES string of the molecule is CCNC(=NCc1cc(C(C)C)no1)NCC(c1cccc(Cl)c1)N1CCOCC1. The Morgan fingerprint density at radius 2 is 2.03 bits per heavy atom. The van der Waals surface area contributed by atoms with Crippen LogP contribution in [0.2, 0.25) is 5.02 Å². The number of nitrogens with one attached hydrogen (secondary N) is 2. The van der Waals surface area contributed by atoms with Gasteiger partial charge in [0.2, 0.25) is 0 Å². The number of ether oxygens (including phenoxy) is 1. The van der Waals surface area contributed by atoms with Crippen molar-refractivity contribution >= 4 is 17.6 Å². The summed E-state index contributed by atoms with van der Waals surface area (Å²) in [5.74, 6) is 1.85. The molecule has 8 heteroatoms. The lowest BCUT2D eigenvalue weighted by Gasteiger charge is -2.35. The Morgan fingerprint density at radius 1 is 1.23 bits per heavy atom. The van der Waals surface area contributed by atoms with E-state index in [-0.39, 0.29) is 6.04 Å². The minimum absolute atomic E-state index is 0.175. The van der Waals surface area contributed by atoms with Crippen LogP contribution in [0.3, 0.4) is 0 Å². The van der Waals surface area contributed by atoms with Gasteiger partial charge in [-0.05, 0) is 30.5 Å². The summed E-state index contributed by atoms with van der Waals surface area (Å²) >= 11 is 6.27. The van der Waals surface area contributed by atoms with Crippen molar-refractivity contribution in [1.82, 2.24) is 20.7 Å². The smallest absolute Gasteiger partial charge is 0.191 e. The number of morpholine rings is 1. The van der Waals surface area contributed by atoms with Crippen LogP contribution < -0.4 is 10.6 Å². The zero-order chi connectivity index (χ0) is 21.3. The predicted molar refractivity (Wildman–Crippen MR) is 120 cm³/mol. The maximum absolute atomic E-state index is 6.27. The summed E-state index contributed by atoms with van der Waals surface area (Å²) in [6.45, 7) is 11.4. The molecule has 0 radical (unpaired) electrons. The molecule has 1 aromatic carbocycles. The molecule has 1 fully saturated rings. The fourth-order valence-electron chi connectivity index (χ4n) is 3.43. The highest BCUT2D eigenvalue weighted by Gasteiger charge is 2.23. The van der Waals surface area contributed by atoms with Crippen LogP contribution in [0, 0.1) is 0 Å². The number of benzene rings is 1. The summed E-state index contributed by atoms with van der Waals surface area (Å²) in [4.78, 5) is 7.10. The third-order valence-electron chi connectivity index (χ3n) is 5.09. The summed E-state index contributed by atoms with van der Waals surface area (Å²) in [5.41, 5.74) is 2.14. The summed E-state index contributed by atoms with van der Waals surface area (Å²) in [7, 11) is 0. The average molecular weight is 434 g/mol. The van der Waals surface area contributed by atoms with Gasteiger partial charge < -0.3 is 19.9 Å². The first-order valence-electron chi connectivity index (χ1n) is 10.6. The normalized spacial score (nSPS) is 16.6. The van der Waals surface area contributed by atoms with E-state index >= 15 is 0 Å². The van der Waals surface area contributed by atoms with Crippen molar-refractivity contribution < 1.29 is 9.26 Å². The number of halogens is 1. The molecule has 1 aliphatic rings. The molecule has 164 valence electrons. The Hall–Kier alpha value is -2.09. The third kappa shape index (κ3) is 6.45. The van der Waals surface area contributed by atoms with Crippen molar-refractivity contribution in [1.29, 1.82) is 0 Å². The first-order chi connectivity index (χ1) is 14.6. The van der Waals surface area contributed by atoms with E-state index in [4.69, 9.17) is 20.9 Å². The first kappa shape index (κ1) is 22.6. The molecule has 7 nitrogen and oxygen atoms in total. The van der Waals surface area contributed by atoms with Crippen LogP contribution in [-0.2, 0) is 11.3 Å².